The lowest BCUT2D eigenvalue weighted by Crippen LogP contribution is -1.99. The van der Waals surface area contributed by atoms with Gasteiger partial charge in [-0.1, -0.05) is 18.2 Å². The van der Waals surface area contributed by atoms with Gasteiger partial charge in [-0.05, 0) is 47.4 Å². The van der Waals surface area contributed by atoms with Crippen LogP contribution in [0.1, 0.15) is 20.8 Å². The lowest BCUT2D eigenvalue weighted by molar-refractivity contribution is 0.105. The molecule has 1 aliphatic rings. The molecule has 3 aromatic rings. The van der Waals surface area contributed by atoms with Crippen molar-refractivity contribution in [2.75, 3.05) is 13.9 Å². The molecule has 2 aromatic carbocycles. The minimum atomic E-state index is -0.0102. The van der Waals surface area contributed by atoms with Gasteiger partial charge in [0.1, 0.15) is 18.1 Å². The number of ether oxygens (including phenoxy) is 4. The van der Waals surface area contributed by atoms with Gasteiger partial charge in [-0.25, -0.2) is 0 Å². The van der Waals surface area contributed by atoms with E-state index >= 15 is 0 Å². The Kier molecular flexibility index (Phi) is 5.30. The number of carbonyl (C=O) groups excluding carboxylic acids is 1. The molecule has 0 atom stereocenters. The SMILES string of the molecule is COc1ccc(/C=C/C(=O)c2cccs2)cc1COc1ccc2c(c1)OCO2. The quantitative estimate of drug-likeness (QED) is 0.419. The summed E-state index contributed by atoms with van der Waals surface area (Å²) < 4.78 is 22.0. The van der Waals surface area contributed by atoms with Gasteiger partial charge < -0.3 is 18.9 Å². The van der Waals surface area contributed by atoms with Crippen molar-refractivity contribution in [1.82, 2.24) is 0 Å². The van der Waals surface area contributed by atoms with Crippen LogP contribution in [-0.2, 0) is 6.61 Å². The van der Waals surface area contributed by atoms with Crippen LogP contribution >= 0.6 is 11.3 Å². The lowest BCUT2D eigenvalue weighted by atomic mass is 10.1. The van der Waals surface area contributed by atoms with E-state index in [0.717, 1.165) is 21.8 Å². The Hall–Kier alpha value is -3.25. The van der Waals surface area contributed by atoms with E-state index in [1.807, 2.05) is 47.8 Å². The van der Waals surface area contributed by atoms with E-state index in [1.54, 1.807) is 25.3 Å². The summed E-state index contributed by atoms with van der Waals surface area (Å²) in [5.41, 5.74) is 1.78. The zero-order chi connectivity index (χ0) is 19.3. The molecule has 2 heterocycles. The molecule has 4 rings (SSSR count). The summed E-state index contributed by atoms with van der Waals surface area (Å²) in [7, 11) is 1.62. The third-order valence-corrected chi connectivity index (χ3v) is 5.12. The number of carbonyl (C=O) groups is 1. The van der Waals surface area contributed by atoms with E-state index in [1.165, 1.54) is 11.3 Å². The zero-order valence-electron chi connectivity index (χ0n) is 15.2. The van der Waals surface area contributed by atoms with E-state index < -0.39 is 0 Å². The first kappa shape index (κ1) is 18.1. The van der Waals surface area contributed by atoms with Crippen LogP contribution in [0.2, 0.25) is 0 Å². The predicted octanol–water partition coefficient (Wildman–Crippen LogP) is 4.96. The summed E-state index contributed by atoms with van der Waals surface area (Å²) >= 11 is 1.43. The fraction of sp³-hybridized carbons (Fsp3) is 0.136. The first-order valence-electron chi connectivity index (χ1n) is 8.68. The molecule has 1 aromatic heterocycles. The third kappa shape index (κ3) is 4.02. The maximum Gasteiger partial charge on any atom is 0.231 e. The molecular formula is C22H18O5S. The van der Waals surface area contributed by atoms with Crippen molar-refractivity contribution in [3.8, 4) is 23.0 Å². The van der Waals surface area contributed by atoms with E-state index in [-0.39, 0.29) is 12.6 Å². The molecule has 0 amide bonds. The van der Waals surface area contributed by atoms with Crippen molar-refractivity contribution >= 4 is 23.2 Å². The van der Waals surface area contributed by atoms with Gasteiger partial charge in [0.2, 0.25) is 6.79 Å². The van der Waals surface area contributed by atoms with E-state index in [9.17, 15) is 4.79 Å². The van der Waals surface area contributed by atoms with Crippen molar-refractivity contribution < 1.29 is 23.7 Å². The second-order valence-corrected chi connectivity index (χ2v) is 7.00. The fourth-order valence-corrected chi connectivity index (χ4v) is 3.46. The molecule has 142 valence electrons. The Bertz CT molecular complexity index is 1010. The van der Waals surface area contributed by atoms with Crippen molar-refractivity contribution in [1.29, 1.82) is 0 Å². The average Bonchev–Trinajstić information content (AvgIpc) is 3.42. The van der Waals surface area contributed by atoms with Crippen LogP contribution in [0.4, 0.5) is 0 Å². The molecule has 0 spiro atoms. The highest BCUT2D eigenvalue weighted by Crippen LogP contribution is 2.35. The largest absolute Gasteiger partial charge is 0.496 e. The van der Waals surface area contributed by atoms with Gasteiger partial charge in [0.25, 0.3) is 0 Å². The maximum absolute atomic E-state index is 12.1. The van der Waals surface area contributed by atoms with E-state index in [0.29, 0.717) is 23.9 Å². The molecule has 0 saturated heterocycles. The fourth-order valence-electron chi connectivity index (χ4n) is 2.82. The van der Waals surface area contributed by atoms with Gasteiger partial charge in [0, 0.05) is 11.6 Å². The molecule has 0 N–H and O–H groups in total. The number of allylic oxidation sites excluding steroid dienone is 1. The molecule has 5 nitrogen and oxygen atoms in total. The third-order valence-electron chi connectivity index (χ3n) is 4.23. The molecule has 0 aliphatic carbocycles. The van der Waals surface area contributed by atoms with Crippen LogP contribution in [0.15, 0.2) is 60.0 Å². The van der Waals surface area contributed by atoms with Crippen LogP contribution < -0.4 is 18.9 Å². The van der Waals surface area contributed by atoms with Crippen molar-refractivity contribution in [2.24, 2.45) is 0 Å². The number of fused-ring (bicyclic) bond motifs is 1. The number of thiophene rings is 1. The second-order valence-electron chi connectivity index (χ2n) is 6.05. The summed E-state index contributed by atoms with van der Waals surface area (Å²) in [6.45, 7) is 0.550. The van der Waals surface area contributed by atoms with Crippen LogP contribution in [0.5, 0.6) is 23.0 Å². The number of methoxy groups -OCH3 is 1. The second kappa shape index (κ2) is 8.19. The normalized spacial score (nSPS) is 12.3. The van der Waals surface area contributed by atoms with Gasteiger partial charge in [0.05, 0.1) is 12.0 Å². The summed E-state index contributed by atoms with van der Waals surface area (Å²) in [6, 6.07) is 14.9. The Labute approximate surface area is 166 Å². The smallest absolute Gasteiger partial charge is 0.231 e. The molecule has 0 saturated carbocycles. The van der Waals surface area contributed by atoms with Crippen LogP contribution in [0, 0.1) is 0 Å². The highest BCUT2D eigenvalue weighted by Gasteiger charge is 2.14. The Morgan fingerprint density at radius 1 is 1.14 bits per heavy atom. The minimum Gasteiger partial charge on any atom is -0.496 e. The molecule has 1 aliphatic heterocycles. The van der Waals surface area contributed by atoms with Gasteiger partial charge in [-0.3, -0.25) is 4.79 Å². The van der Waals surface area contributed by atoms with Crippen LogP contribution in [0.3, 0.4) is 0 Å². The molecule has 0 radical (unpaired) electrons. The van der Waals surface area contributed by atoms with E-state index in [4.69, 9.17) is 18.9 Å². The van der Waals surface area contributed by atoms with Crippen LogP contribution in [0.25, 0.3) is 6.08 Å². The Balaban J connectivity index is 1.48. The topological polar surface area (TPSA) is 54.0 Å². The number of hydrogen-bond donors (Lipinski definition) is 0. The first-order chi connectivity index (χ1) is 13.7. The minimum absolute atomic E-state index is 0.0102. The molecule has 0 bridgehead atoms. The van der Waals surface area contributed by atoms with E-state index in [2.05, 4.69) is 0 Å². The van der Waals surface area contributed by atoms with Gasteiger partial charge in [-0.15, -0.1) is 11.3 Å². The number of benzene rings is 2. The monoisotopic (exact) mass is 394 g/mol. The molecule has 28 heavy (non-hydrogen) atoms. The zero-order valence-corrected chi connectivity index (χ0v) is 16.0. The molecular weight excluding hydrogens is 376 g/mol. The Morgan fingerprint density at radius 2 is 2.04 bits per heavy atom. The maximum atomic E-state index is 12.1. The van der Waals surface area contributed by atoms with Gasteiger partial charge in [0.15, 0.2) is 17.3 Å². The molecule has 0 unspecified atom stereocenters. The number of rotatable bonds is 7. The molecule has 6 heteroatoms. The highest BCUT2D eigenvalue weighted by molar-refractivity contribution is 7.12. The number of ketones is 1. The number of hydrogen-bond acceptors (Lipinski definition) is 6. The van der Waals surface area contributed by atoms with Gasteiger partial charge in [-0.2, -0.15) is 0 Å². The Morgan fingerprint density at radius 3 is 2.86 bits per heavy atom. The summed E-state index contributed by atoms with van der Waals surface area (Å²) in [6.07, 6.45) is 3.38. The van der Waals surface area contributed by atoms with Crippen molar-refractivity contribution in [3.05, 3.63) is 76.0 Å². The van der Waals surface area contributed by atoms with Crippen molar-refractivity contribution in [3.63, 3.8) is 0 Å². The summed E-state index contributed by atoms with van der Waals surface area (Å²) in [5.74, 6) is 2.78. The molecule has 0 fully saturated rings. The lowest BCUT2D eigenvalue weighted by Gasteiger charge is -2.11. The first-order valence-corrected chi connectivity index (χ1v) is 9.56. The average molecular weight is 394 g/mol. The highest BCUT2D eigenvalue weighted by atomic mass is 32.1. The van der Waals surface area contributed by atoms with Crippen LogP contribution in [-0.4, -0.2) is 19.7 Å². The van der Waals surface area contributed by atoms with Crippen molar-refractivity contribution in [2.45, 2.75) is 6.61 Å². The summed E-state index contributed by atoms with van der Waals surface area (Å²) in [5, 5.41) is 1.89. The van der Waals surface area contributed by atoms with Gasteiger partial charge >= 0.3 is 0 Å². The predicted molar refractivity (Wildman–Crippen MR) is 108 cm³/mol. The summed E-state index contributed by atoms with van der Waals surface area (Å²) in [4.78, 5) is 12.9. The standard InChI is InChI=1S/C22H18O5S/c1-24-19-8-5-15(4-7-18(23)22-3-2-10-28-22)11-16(19)13-25-17-6-9-20-21(12-17)27-14-26-20/h2-12H,13-14H2,1H3/b7-4+.